The van der Waals surface area contributed by atoms with Gasteiger partial charge in [-0.1, -0.05) is 13.8 Å². The maximum atomic E-state index is 12.5. The van der Waals surface area contributed by atoms with Gasteiger partial charge in [0.2, 0.25) is 5.78 Å². The van der Waals surface area contributed by atoms with Crippen LogP contribution in [0.3, 0.4) is 0 Å². The minimum atomic E-state index is -0.149. The van der Waals surface area contributed by atoms with Crippen LogP contribution in [0, 0.1) is 40.4 Å². The molecule has 4 fully saturated rings. The third kappa shape index (κ3) is 2.98. The Morgan fingerprint density at radius 3 is 2.43 bits per heavy atom. The smallest absolute Gasteiger partial charge is 0.323 e. The molecule has 8 atom stereocenters. The van der Waals surface area contributed by atoms with E-state index in [0.29, 0.717) is 23.2 Å². The van der Waals surface area contributed by atoms with Crippen LogP contribution in [0.25, 0.3) is 5.53 Å². The Hall–Kier alpha value is -1.48. The number of ketones is 1. The first-order valence-corrected chi connectivity index (χ1v) is 11.2. The van der Waals surface area contributed by atoms with Crippen molar-refractivity contribution < 1.29 is 19.1 Å². The fourth-order valence-electron chi connectivity index (χ4n) is 8.17. The Balaban J connectivity index is 1.53. The molecule has 0 aromatic carbocycles. The first kappa shape index (κ1) is 19.8. The number of Topliss-reactive ketones (excluding diaryl/α,β-unsaturated/α-hetero) is 1. The second-order valence-corrected chi connectivity index (χ2v) is 10.5. The number of hydrogen-bond donors (Lipinski definition) is 0. The molecule has 154 valence electrons. The largest absolute Gasteiger partial charge is 0.463 e. The first-order chi connectivity index (χ1) is 13.3. The highest BCUT2D eigenvalue weighted by molar-refractivity contribution is 6.26. The van der Waals surface area contributed by atoms with Crippen molar-refractivity contribution in [1.82, 2.24) is 0 Å². The molecule has 0 spiro atoms. The van der Waals surface area contributed by atoms with Crippen LogP contribution in [0.15, 0.2) is 0 Å². The molecule has 0 N–H and O–H groups in total. The summed E-state index contributed by atoms with van der Waals surface area (Å²) in [7, 11) is 0. The number of fused-ring (bicyclic) bond motifs is 5. The average molecular weight is 387 g/mol. The minimum Gasteiger partial charge on any atom is -0.463 e. The molecular weight excluding hydrogens is 352 g/mol. The summed E-state index contributed by atoms with van der Waals surface area (Å²) in [4.78, 5) is 26.9. The van der Waals surface area contributed by atoms with E-state index in [1.165, 1.54) is 26.2 Å². The molecule has 0 heterocycles. The SMILES string of the molecule is CC(=O)O[C@H]1CC[C@]2(C)C3CC[C@@]4(C)C(CC[C@@H]4C(=O)C=[N+]=[N-])C3CC[C@H]2C1. The number of ether oxygens (including phenoxy) is 1. The van der Waals surface area contributed by atoms with Crippen LogP contribution in [0.4, 0.5) is 0 Å². The van der Waals surface area contributed by atoms with E-state index in [-0.39, 0.29) is 29.2 Å². The van der Waals surface area contributed by atoms with Crippen LogP contribution in [-0.4, -0.2) is 28.9 Å². The number of esters is 1. The van der Waals surface area contributed by atoms with Crippen LogP contribution in [0.2, 0.25) is 0 Å². The van der Waals surface area contributed by atoms with Crippen molar-refractivity contribution in [2.45, 2.75) is 84.7 Å². The molecule has 4 aliphatic carbocycles. The van der Waals surface area contributed by atoms with Crippen molar-refractivity contribution >= 4 is 18.0 Å². The lowest BCUT2D eigenvalue weighted by atomic mass is 9.44. The highest BCUT2D eigenvalue weighted by Crippen LogP contribution is 2.67. The fraction of sp³-hybridized carbons (Fsp3) is 0.870. The molecule has 0 bridgehead atoms. The van der Waals surface area contributed by atoms with Gasteiger partial charge in [-0.15, -0.1) is 0 Å². The van der Waals surface area contributed by atoms with E-state index in [9.17, 15) is 9.59 Å². The number of nitrogens with zero attached hydrogens (tertiary/aromatic N) is 2. The van der Waals surface area contributed by atoms with Gasteiger partial charge in [-0.2, -0.15) is 4.79 Å². The van der Waals surface area contributed by atoms with Gasteiger partial charge in [0.15, 0.2) is 0 Å². The summed E-state index contributed by atoms with van der Waals surface area (Å²) >= 11 is 0. The normalized spacial score (nSPS) is 47.1. The minimum absolute atomic E-state index is 0.00716. The molecular formula is C23H34N2O3. The van der Waals surface area contributed by atoms with Crippen LogP contribution in [0.1, 0.15) is 78.6 Å². The number of carbonyl (C=O) groups excluding carboxylic acids is 2. The zero-order valence-electron chi connectivity index (χ0n) is 17.5. The van der Waals surface area contributed by atoms with Gasteiger partial charge < -0.3 is 10.3 Å². The van der Waals surface area contributed by atoms with Gasteiger partial charge in [0.1, 0.15) is 6.10 Å². The third-order valence-electron chi connectivity index (χ3n) is 9.48. The van der Waals surface area contributed by atoms with E-state index in [1.54, 1.807) is 0 Å². The summed E-state index contributed by atoms with van der Waals surface area (Å²) in [5.74, 6) is 2.56. The molecule has 5 nitrogen and oxygen atoms in total. The van der Waals surface area contributed by atoms with E-state index in [2.05, 4.69) is 18.6 Å². The maximum absolute atomic E-state index is 12.5. The van der Waals surface area contributed by atoms with Crippen molar-refractivity contribution in [3.05, 3.63) is 5.53 Å². The zero-order valence-corrected chi connectivity index (χ0v) is 17.5. The summed E-state index contributed by atoms with van der Waals surface area (Å²) in [5, 5.41) is 0. The Morgan fingerprint density at radius 2 is 1.71 bits per heavy atom. The molecule has 28 heavy (non-hydrogen) atoms. The number of hydrogen-bond acceptors (Lipinski definition) is 3. The van der Waals surface area contributed by atoms with E-state index in [0.717, 1.165) is 50.7 Å². The summed E-state index contributed by atoms with van der Waals surface area (Å²) in [6.45, 7) is 6.34. The van der Waals surface area contributed by atoms with Crippen LogP contribution >= 0.6 is 0 Å². The van der Waals surface area contributed by atoms with Gasteiger partial charge in [-0.3, -0.25) is 9.59 Å². The lowest BCUT2D eigenvalue weighted by Gasteiger charge is -2.60. The van der Waals surface area contributed by atoms with Crippen molar-refractivity contribution in [3.63, 3.8) is 0 Å². The van der Waals surface area contributed by atoms with E-state index < -0.39 is 0 Å². The lowest BCUT2D eigenvalue weighted by molar-refractivity contribution is -0.160. The number of carbonyl (C=O) groups is 2. The van der Waals surface area contributed by atoms with Crippen molar-refractivity contribution in [2.24, 2.45) is 40.4 Å². The molecule has 4 rings (SSSR count). The van der Waals surface area contributed by atoms with E-state index >= 15 is 0 Å². The Bertz CT molecular complexity index is 715. The van der Waals surface area contributed by atoms with Gasteiger partial charge in [0.05, 0.1) is 0 Å². The highest BCUT2D eigenvalue weighted by atomic mass is 16.5. The van der Waals surface area contributed by atoms with Gasteiger partial charge in [0.25, 0.3) is 0 Å². The molecule has 0 aromatic heterocycles. The van der Waals surface area contributed by atoms with Gasteiger partial charge in [0, 0.05) is 12.8 Å². The lowest BCUT2D eigenvalue weighted by Crippen LogP contribution is -2.54. The van der Waals surface area contributed by atoms with Crippen LogP contribution in [-0.2, 0) is 14.3 Å². The first-order valence-electron chi connectivity index (χ1n) is 11.2. The molecule has 0 radical (unpaired) electrons. The monoisotopic (exact) mass is 386 g/mol. The molecule has 3 unspecified atom stereocenters. The Labute approximate surface area is 168 Å². The zero-order chi connectivity index (χ0) is 20.1. The molecule has 4 aliphatic rings. The van der Waals surface area contributed by atoms with Gasteiger partial charge in [-0.05, 0) is 92.3 Å². The predicted molar refractivity (Wildman–Crippen MR) is 105 cm³/mol. The third-order valence-corrected chi connectivity index (χ3v) is 9.48. The summed E-state index contributed by atoms with van der Waals surface area (Å²) < 4.78 is 5.56. The van der Waals surface area contributed by atoms with Crippen molar-refractivity contribution in [1.29, 1.82) is 0 Å². The quantitative estimate of drug-likeness (QED) is 0.311. The average Bonchev–Trinajstić information content (AvgIpc) is 2.99. The summed E-state index contributed by atoms with van der Waals surface area (Å²) in [6.07, 6.45) is 11.2. The molecule has 0 aliphatic heterocycles. The summed E-state index contributed by atoms with van der Waals surface area (Å²) in [5.41, 5.74) is 9.22. The van der Waals surface area contributed by atoms with Crippen LogP contribution < -0.4 is 0 Å². The molecule has 4 saturated carbocycles. The van der Waals surface area contributed by atoms with Crippen molar-refractivity contribution in [3.8, 4) is 0 Å². The predicted octanol–water partition coefficient (Wildman–Crippen LogP) is 4.45. The van der Waals surface area contributed by atoms with E-state index in [4.69, 9.17) is 10.3 Å². The van der Waals surface area contributed by atoms with Crippen LogP contribution in [0.5, 0.6) is 0 Å². The number of rotatable bonds is 3. The topological polar surface area (TPSA) is 79.8 Å². The standard InChI is InChI=1S/C23H34N2O3/c1-14(26)28-16-8-10-22(2)15(12-16)4-5-17-18-6-7-20(21(27)13-25-24)23(18,3)11-9-19(17)22/h13,15-20H,4-12H2,1-3H3/t15-,16-,17?,18?,19?,20+,22-,23-/m0/s1. The molecule has 0 amide bonds. The fourth-order valence-corrected chi connectivity index (χ4v) is 8.17. The second kappa shape index (κ2) is 7.09. The molecule has 5 heteroatoms. The Kier molecular flexibility index (Phi) is 5.02. The second-order valence-electron chi connectivity index (χ2n) is 10.5. The maximum Gasteiger partial charge on any atom is 0.323 e. The van der Waals surface area contributed by atoms with Gasteiger partial charge in [-0.25, -0.2) is 0 Å². The molecule has 0 aromatic rings. The summed E-state index contributed by atoms with van der Waals surface area (Å²) in [6, 6.07) is 0. The van der Waals surface area contributed by atoms with E-state index in [1.807, 2.05) is 0 Å². The Morgan fingerprint density at radius 1 is 1.00 bits per heavy atom. The highest BCUT2D eigenvalue weighted by Gasteiger charge is 2.61. The molecule has 0 saturated heterocycles. The van der Waals surface area contributed by atoms with Gasteiger partial charge >= 0.3 is 12.2 Å². The van der Waals surface area contributed by atoms with Crippen molar-refractivity contribution in [2.75, 3.05) is 0 Å².